The van der Waals surface area contributed by atoms with Gasteiger partial charge in [-0.1, -0.05) is 58.7 Å². The van der Waals surface area contributed by atoms with Gasteiger partial charge in [-0.3, -0.25) is 4.57 Å². The zero-order valence-electron chi connectivity index (χ0n) is 17.2. The molecule has 0 saturated carbocycles. The molecule has 4 rings (SSSR count). The summed E-state index contributed by atoms with van der Waals surface area (Å²) in [5.74, 6) is 2.66. The van der Waals surface area contributed by atoms with Crippen LogP contribution in [-0.2, 0) is 0 Å². The summed E-state index contributed by atoms with van der Waals surface area (Å²) in [6, 6.07) is 22.3. The largest absolute Gasteiger partial charge is 0.270 e. The van der Waals surface area contributed by atoms with Crippen molar-refractivity contribution in [2.75, 3.05) is 11.5 Å². The van der Waals surface area contributed by atoms with Crippen molar-refractivity contribution < 1.29 is 0 Å². The van der Waals surface area contributed by atoms with Crippen LogP contribution in [-0.4, -0.2) is 26.3 Å². The molecular formula is C24H21Cl2N3S2. The summed E-state index contributed by atoms with van der Waals surface area (Å²) in [4.78, 5) is 1.28. The van der Waals surface area contributed by atoms with E-state index in [2.05, 4.69) is 52.0 Å². The topological polar surface area (TPSA) is 30.7 Å². The molecule has 0 N–H and O–H groups in total. The van der Waals surface area contributed by atoms with E-state index in [0.29, 0.717) is 5.02 Å². The number of halogens is 2. The third-order valence-corrected chi connectivity index (χ3v) is 7.62. The first-order chi connectivity index (χ1) is 15.0. The fraction of sp³-hybridized carbons (Fsp3) is 0.167. The molecule has 7 heteroatoms. The summed E-state index contributed by atoms with van der Waals surface area (Å²) in [6.07, 6.45) is 0. The summed E-state index contributed by atoms with van der Waals surface area (Å²) in [7, 11) is 0. The minimum Gasteiger partial charge on any atom is -0.270 e. The molecule has 1 heterocycles. The summed E-state index contributed by atoms with van der Waals surface area (Å²) < 4.78 is 2.07. The van der Waals surface area contributed by atoms with Crippen molar-refractivity contribution >= 4 is 46.7 Å². The van der Waals surface area contributed by atoms with Gasteiger partial charge in [-0.05, 0) is 67.9 Å². The zero-order valence-corrected chi connectivity index (χ0v) is 20.3. The first-order valence-electron chi connectivity index (χ1n) is 9.81. The van der Waals surface area contributed by atoms with Gasteiger partial charge in [0.15, 0.2) is 11.0 Å². The molecule has 1 aromatic heterocycles. The highest BCUT2D eigenvalue weighted by molar-refractivity contribution is 8.02. The van der Waals surface area contributed by atoms with Crippen LogP contribution in [0.25, 0.3) is 17.1 Å². The van der Waals surface area contributed by atoms with Gasteiger partial charge in [-0.25, -0.2) is 0 Å². The average Bonchev–Trinajstić information content (AvgIpc) is 3.19. The van der Waals surface area contributed by atoms with E-state index in [0.717, 1.165) is 44.3 Å². The molecule has 31 heavy (non-hydrogen) atoms. The molecule has 3 nitrogen and oxygen atoms in total. The molecule has 0 atom stereocenters. The van der Waals surface area contributed by atoms with E-state index in [1.54, 1.807) is 11.8 Å². The first-order valence-corrected chi connectivity index (χ1v) is 12.5. The van der Waals surface area contributed by atoms with E-state index >= 15 is 0 Å². The van der Waals surface area contributed by atoms with Gasteiger partial charge in [-0.2, -0.15) is 0 Å². The van der Waals surface area contributed by atoms with Gasteiger partial charge in [0.2, 0.25) is 0 Å². The minimum absolute atomic E-state index is 0.691. The van der Waals surface area contributed by atoms with Crippen LogP contribution < -0.4 is 0 Å². The van der Waals surface area contributed by atoms with Crippen LogP contribution in [0.15, 0.2) is 76.8 Å². The lowest BCUT2D eigenvalue weighted by atomic mass is 10.2. The molecule has 3 aromatic carbocycles. The number of benzene rings is 3. The number of hydrogen-bond acceptors (Lipinski definition) is 4. The predicted octanol–water partition coefficient (Wildman–Crippen LogP) is 7.74. The van der Waals surface area contributed by atoms with Crippen LogP contribution in [0.3, 0.4) is 0 Å². The highest BCUT2D eigenvalue weighted by Gasteiger charge is 2.17. The molecule has 158 valence electrons. The van der Waals surface area contributed by atoms with E-state index in [4.69, 9.17) is 23.2 Å². The van der Waals surface area contributed by atoms with Crippen molar-refractivity contribution in [2.45, 2.75) is 23.9 Å². The quantitative estimate of drug-likeness (QED) is 0.197. The molecule has 0 amide bonds. The van der Waals surface area contributed by atoms with E-state index in [1.807, 2.05) is 55.1 Å². The average molecular weight is 486 g/mol. The molecule has 0 radical (unpaired) electrons. The van der Waals surface area contributed by atoms with E-state index in [-0.39, 0.29) is 0 Å². The smallest absolute Gasteiger partial charge is 0.196 e. The Hall–Kier alpha value is -1.92. The Kier molecular flexibility index (Phi) is 7.28. The molecular weight excluding hydrogens is 465 g/mol. The Bertz CT molecular complexity index is 1170. The van der Waals surface area contributed by atoms with Gasteiger partial charge >= 0.3 is 0 Å². The third-order valence-electron chi connectivity index (χ3n) is 4.75. The second-order valence-electron chi connectivity index (χ2n) is 7.09. The van der Waals surface area contributed by atoms with Crippen LogP contribution >= 0.6 is 46.7 Å². The van der Waals surface area contributed by atoms with E-state index in [9.17, 15) is 0 Å². The summed E-state index contributed by atoms with van der Waals surface area (Å²) in [5.41, 5.74) is 4.21. The van der Waals surface area contributed by atoms with Crippen molar-refractivity contribution in [1.82, 2.24) is 14.8 Å². The SMILES string of the molecule is Cc1ccc(SCCSc2nnc(-c3ccc(Cl)cc3)n2-c2ccc(C)c(Cl)c2)cc1. The lowest BCUT2D eigenvalue weighted by Gasteiger charge is -2.12. The Morgan fingerprint density at radius 1 is 0.806 bits per heavy atom. The van der Waals surface area contributed by atoms with Crippen molar-refractivity contribution in [1.29, 1.82) is 0 Å². The van der Waals surface area contributed by atoms with Gasteiger partial charge in [0.25, 0.3) is 0 Å². The highest BCUT2D eigenvalue weighted by Crippen LogP contribution is 2.31. The number of thioether (sulfide) groups is 2. The molecule has 0 fully saturated rings. The molecule has 0 aliphatic heterocycles. The van der Waals surface area contributed by atoms with Gasteiger partial charge in [0.05, 0.1) is 5.69 Å². The van der Waals surface area contributed by atoms with E-state index < -0.39 is 0 Å². The maximum absolute atomic E-state index is 6.43. The number of hydrogen-bond donors (Lipinski definition) is 0. The highest BCUT2D eigenvalue weighted by atomic mass is 35.5. The molecule has 0 spiro atoms. The van der Waals surface area contributed by atoms with Gasteiger partial charge < -0.3 is 0 Å². The van der Waals surface area contributed by atoms with Crippen molar-refractivity contribution in [3.8, 4) is 17.1 Å². The lowest BCUT2D eigenvalue weighted by molar-refractivity contribution is 0.886. The third kappa shape index (κ3) is 5.47. The van der Waals surface area contributed by atoms with Gasteiger partial charge in [-0.15, -0.1) is 22.0 Å². The maximum atomic E-state index is 6.43. The summed E-state index contributed by atoms with van der Waals surface area (Å²) in [6.45, 7) is 4.10. The Morgan fingerprint density at radius 3 is 2.23 bits per heavy atom. The Balaban J connectivity index is 1.58. The molecule has 0 aliphatic carbocycles. The molecule has 0 bridgehead atoms. The summed E-state index contributed by atoms with van der Waals surface area (Å²) >= 11 is 16.0. The number of rotatable bonds is 7. The van der Waals surface area contributed by atoms with Gasteiger partial charge in [0, 0.05) is 32.0 Å². The van der Waals surface area contributed by atoms with Crippen LogP contribution in [0.5, 0.6) is 0 Å². The molecule has 4 aromatic rings. The number of aromatic nitrogens is 3. The van der Waals surface area contributed by atoms with E-state index in [1.165, 1.54) is 10.5 Å². The number of nitrogens with zero attached hydrogens (tertiary/aromatic N) is 3. The molecule has 0 aliphatic rings. The van der Waals surface area contributed by atoms with Crippen LogP contribution in [0.2, 0.25) is 10.0 Å². The fourth-order valence-corrected chi connectivity index (χ4v) is 5.16. The standard InChI is InChI=1S/C24H21Cl2N3S2/c1-16-3-11-21(12-4-16)30-13-14-31-24-28-27-23(18-6-8-19(25)9-7-18)29(24)20-10-5-17(2)22(26)15-20/h3-12,15H,13-14H2,1-2H3. The van der Waals surface area contributed by atoms with Crippen molar-refractivity contribution in [3.63, 3.8) is 0 Å². The molecule has 0 unspecified atom stereocenters. The normalized spacial score (nSPS) is 11.1. The predicted molar refractivity (Wildman–Crippen MR) is 134 cm³/mol. The Labute approximate surface area is 201 Å². The Morgan fingerprint density at radius 2 is 1.52 bits per heavy atom. The zero-order chi connectivity index (χ0) is 21.8. The van der Waals surface area contributed by atoms with Crippen LogP contribution in [0, 0.1) is 13.8 Å². The number of aryl methyl sites for hydroxylation is 2. The monoisotopic (exact) mass is 485 g/mol. The van der Waals surface area contributed by atoms with Gasteiger partial charge in [0.1, 0.15) is 0 Å². The fourth-order valence-electron chi connectivity index (χ4n) is 3.03. The second kappa shape index (κ2) is 10.1. The summed E-state index contributed by atoms with van der Waals surface area (Å²) in [5, 5.41) is 11.2. The minimum atomic E-state index is 0.691. The maximum Gasteiger partial charge on any atom is 0.196 e. The first kappa shape index (κ1) is 22.3. The van der Waals surface area contributed by atoms with Crippen molar-refractivity contribution in [2.24, 2.45) is 0 Å². The van der Waals surface area contributed by atoms with Crippen molar-refractivity contribution in [3.05, 3.63) is 87.9 Å². The van der Waals surface area contributed by atoms with Crippen LogP contribution in [0.1, 0.15) is 11.1 Å². The second-order valence-corrected chi connectivity index (χ2v) is 10.2. The van der Waals surface area contributed by atoms with Crippen LogP contribution in [0.4, 0.5) is 0 Å². The lowest BCUT2D eigenvalue weighted by Crippen LogP contribution is -2.01. The molecule has 0 saturated heterocycles.